The third-order valence-corrected chi connectivity index (χ3v) is 5.22. The molecule has 104 valence electrons. The molecule has 3 nitrogen and oxygen atoms in total. The smallest absolute Gasteiger partial charge is 0.193 e. The van der Waals surface area contributed by atoms with Crippen LogP contribution < -0.4 is 5.32 Å². The summed E-state index contributed by atoms with van der Waals surface area (Å²) in [6.45, 7) is 0. The molecule has 2 heterocycles. The lowest BCUT2D eigenvalue weighted by atomic mass is 10.0. The van der Waals surface area contributed by atoms with E-state index in [0.717, 1.165) is 26.0 Å². The van der Waals surface area contributed by atoms with Gasteiger partial charge in [0.2, 0.25) is 0 Å². The lowest BCUT2D eigenvalue weighted by Gasteiger charge is -2.17. The lowest BCUT2D eigenvalue weighted by molar-refractivity contribution is 0.583. The van der Waals surface area contributed by atoms with Crippen LogP contribution in [0.3, 0.4) is 0 Å². The highest BCUT2D eigenvalue weighted by Crippen LogP contribution is 2.29. The second kappa shape index (κ2) is 5.97. The van der Waals surface area contributed by atoms with E-state index in [9.17, 15) is 0 Å². The predicted molar refractivity (Wildman–Crippen MR) is 90.4 cm³/mol. The fourth-order valence-electron chi connectivity index (χ4n) is 2.23. The van der Waals surface area contributed by atoms with E-state index in [4.69, 9.17) is 0 Å². The Morgan fingerprint density at radius 3 is 3.00 bits per heavy atom. The van der Waals surface area contributed by atoms with Gasteiger partial charge in [0.05, 0.1) is 5.69 Å². The van der Waals surface area contributed by atoms with E-state index in [1.54, 1.807) is 11.3 Å². The Balaban J connectivity index is 1.89. The van der Waals surface area contributed by atoms with Crippen LogP contribution >= 0.6 is 43.2 Å². The summed E-state index contributed by atoms with van der Waals surface area (Å²) in [6, 6.07) is 6.47. The summed E-state index contributed by atoms with van der Waals surface area (Å²) in [5.74, 6) is 0. The van der Waals surface area contributed by atoms with Gasteiger partial charge in [0.25, 0.3) is 0 Å². The molecule has 6 heteroatoms. The molecule has 1 aromatic carbocycles. The Morgan fingerprint density at radius 2 is 2.25 bits per heavy atom. The highest BCUT2D eigenvalue weighted by atomic mass is 79.9. The first kappa shape index (κ1) is 14.3. The SMILES string of the molecule is CNC(Cc1cn2ccsc2n1)c1cc(Br)ccc1Br. The van der Waals surface area contributed by atoms with Crippen LogP contribution in [0.4, 0.5) is 0 Å². The molecule has 0 amide bonds. The first-order valence-electron chi connectivity index (χ1n) is 6.20. The van der Waals surface area contributed by atoms with Crippen LogP contribution in [0.5, 0.6) is 0 Å². The molecule has 2 aromatic heterocycles. The number of thiazole rings is 1. The van der Waals surface area contributed by atoms with Crippen molar-refractivity contribution in [3.8, 4) is 0 Å². The maximum absolute atomic E-state index is 4.65. The monoisotopic (exact) mass is 413 g/mol. The minimum Gasteiger partial charge on any atom is -0.313 e. The maximum atomic E-state index is 4.65. The summed E-state index contributed by atoms with van der Waals surface area (Å²) >= 11 is 8.82. The average Bonchev–Trinajstić information content (AvgIpc) is 3.00. The summed E-state index contributed by atoms with van der Waals surface area (Å²) in [4.78, 5) is 5.70. The van der Waals surface area contributed by atoms with Gasteiger partial charge in [-0.2, -0.15) is 0 Å². The van der Waals surface area contributed by atoms with E-state index < -0.39 is 0 Å². The summed E-state index contributed by atoms with van der Waals surface area (Å²) in [5, 5.41) is 5.42. The summed E-state index contributed by atoms with van der Waals surface area (Å²) < 4.78 is 4.27. The molecule has 0 aliphatic heterocycles. The maximum Gasteiger partial charge on any atom is 0.193 e. The predicted octanol–water partition coefficient (Wildman–Crippen LogP) is 4.42. The third-order valence-electron chi connectivity index (χ3n) is 3.24. The number of nitrogens with one attached hydrogen (secondary N) is 1. The normalized spacial score (nSPS) is 12.9. The highest BCUT2D eigenvalue weighted by molar-refractivity contribution is 9.11. The van der Waals surface area contributed by atoms with Crippen LogP contribution in [0.1, 0.15) is 17.3 Å². The molecule has 3 aromatic rings. The van der Waals surface area contributed by atoms with Gasteiger partial charge in [0.1, 0.15) is 0 Å². The molecule has 20 heavy (non-hydrogen) atoms. The molecule has 1 atom stereocenters. The minimum absolute atomic E-state index is 0.228. The molecule has 0 aliphatic rings. The number of hydrogen-bond acceptors (Lipinski definition) is 3. The number of aromatic nitrogens is 2. The van der Waals surface area contributed by atoms with Crippen LogP contribution in [0, 0.1) is 0 Å². The van der Waals surface area contributed by atoms with Crippen LogP contribution in [-0.4, -0.2) is 16.4 Å². The first-order chi connectivity index (χ1) is 9.67. The van der Waals surface area contributed by atoms with Crippen molar-refractivity contribution in [1.29, 1.82) is 0 Å². The Hall–Kier alpha value is -0.690. The van der Waals surface area contributed by atoms with Gasteiger partial charge >= 0.3 is 0 Å². The van der Waals surface area contributed by atoms with Crippen molar-refractivity contribution >= 4 is 48.2 Å². The van der Waals surface area contributed by atoms with E-state index in [1.165, 1.54) is 5.56 Å². The van der Waals surface area contributed by atoms with Gasteiger partial charge in [-0.3, -0.25) is 4.40 Å². The molecular weight excluding hydrogens is 402 g/mol. The van der Waals surface area contributed by atoms with Gasteiger partial charge < -0.3 is 5.32 Å². The Labute approximate surface area is 138 Å². The van der Waals surface area contributed by atoms with Crippen molar-refractivity contribution in [1.82, 2.24) is 14.7 Å². The quantitative estimate of drug-likeness (QED) is 0.684. The van der Waals surface area contributed by atoms with Crippen molar-refractivity contribution in [3.05, 3.63) is 56.2 Å². The van der Waals surface area contributed by atoms with Crippen molar-refractivity contribution in [2.24, 2.45) is 0 Å². The minimum atomic E-state index is 0.228. The van der Waals surface area contributed by atoms with Crippen LogP contribution in [-0.2, 0) is 6.42 Å². The van der Waals surface area contributed by atoms with E-state index >= 15 is 0 Å². The Kier molecular flexibility index (Phi) is 4.26. The van der Waals surface area contributed by atoms with Crippen LogP contribution in [0.25, 0.3) is 4.96 Å². The van der Waals surface area contributed by atoms with Crippen molar-refractivity contribution in [2.45, 2.75) is 12.5 Å². The number of imidazole rings is 1. The van der Waals surface area contributed by atoms with E-state index in [0.29, 0.717) is 0 Å². The molecule has 0 saturated carbocycles. The van der Waals surface area contributed by atoms with E-state index in [1.807, 2.05) is 24.7 Å². The summed E-state index contributed by atoms with van der Waals surface area (Å²) in [5.41, 5.74) is 2.33. The Bertz CT molecular complexity index is 706. The number of halogens is 2. The van der Waals surface area contributed by atoms with Crippen molar-refractivity contribution in [2.75, 3.05) is 7.05 Å². The van der Waals surface area contributed by atoms with Gasteiger partial charge in [0, 0.05) is 39.2 Å². The number of hydrogen-bond donors (Lipinski definition) is 1. The molecule has 0 spiro atoms. The molecule has 0 bridgehead atoms. The third kappa shape index (κ3) is 2.83. The van der Waals surface area contributed by atoms with E-state index in [-0.39, 0.29) is 6.04 Å². The van der Waals surface area contributed by atoms with Gasteiger partial charge in [-0.25, -0.2) is 4.98 Å². The first-order valence-corrected chi connectivity index (χ1v) is 8.67. The fraction of sp³-hybridized carbons (Fsp3) is 0.214. The molecular formula is C14H13Br2N3S. The average molecular weight is 415 g/mol. The van der Waals surface area contributed by atoms with Crippen molar-refractivity contribution in [3.63, 3.8) is 0 Å². The number of nitrogens with zero attached hydrogens (tertiary/aromatic N) is 2. The van der Waals surface area contributed by atoms with Gasteiger partial charge in [-0.05, 0) is 30.8 Å². The molecule has 1 N–H and O–H groups in total. The molecule has 0 fully saturated rings. The van der Waals surface area contributed by atoms with Gasteiger partial charge in [-0.1, -0.05) is 31.9 Å². The number of fused-ring (bicyclic) bond motifs is 1. The lowest BCUT2D eigenvalue weighted by Crippen LogP contribution is -2.19. The number of rotatable bonds is 4. The zero-order valence-electron chi connectivity index (χ0n) is 10.8. The fourth-order valence-corrected chi connectivity index (χ4v) is 3.85. The summed E-state index contributed by atoms with van der Waals surface area (Å²) in [6.07, 6.45) is 5.00. The number of benzene rings is 1. The van der Waals surface area contributed by atoms with Crippen LogP contribution in [0.2, 0.25) is 0 Å². The standard InChI is InChI=1S/C14H13Br2N3S/c1-17-13(11-6-9(15)2-3-12(11)16)7-10-8-19-4-5-20-14(19)18-10/h2-6,8,13,17H,7H2,1H3. The van der Waals surface area contributed by atoms with Gasteiger partial charge in [-0.15, -0.1) is 11.3 Å². The van der Waals surface area contributed by atoms with Crippen molar-refractivity contribution < 1.29 is 0 Å². The van der Waals surface area contributed by atoms with E-state index in [2.05, 4.69) is 64.9 Å². The Morgan fingerprint density at radius 1 is 1.40 bits per heavy atom. The van der Waals surface area contributed by atoms with Crippen LogP contribution in [0.15, 0.2) is 44.9 Å². The topological polar surface area (TPSA) is 29.3 Å². The zero-order chi connectivity index (χ0) is 14.1. The molecule has 0 radical (unpaired) electrons. The van der Waals surface area contributed by atoms with Gasteiger partial charge in [0.15, 0.2) is 4.96 Å². The second-order valence-corrected chi connectivity index (χ2v) is 7.18. The largest absolute Gasteiger partial charge is 0.313 e. The molecule has 1 unspecified atom stereocenters. The zero-order valence-corrected chi connectivity index (χ0v) is 14.8. The molecule has 0 aliphatic carbocycles. The molecule has 3 rings (SSSR count). The second-order valence-electron chi connectivity index (χ2n) is 4.54. The molecule has 0 saturated heterocycles. The number of likely N-dealkylation sites (N-methyl/N-ethyl adjacent to an activating group) is 1. The summed E-state index contributed by atoms with van der Waals surface area (Å²) in [7, 11) is 1.98. The highest BCUT2D eigenvalue weighted by Gasteiger charge is 2.16.